The van der Waals surface area contributed by atoms with Gasteiger partial charge >= 0.3 is 0 Å². The maximum absolute atomic E-state index is 12.8. The average molecular weight is 338 g/mol. The van der Waals surface area contributed by atoms with Crippen molar-refractivity contribution in [3.05, 3.63) is 41.5 Å². The molecule has 1 saturated heterocycles. The number of piperidine rings is 1. The molecule has 1 aromatic carbocycles. The lowest BCUT2D eigenvalue weighted by Crippen LogP contribution is -2.44. The molecule has 25 heavy (non-hydrogen) atoms. The predicted octanol–water partition coefficient (Wildman–Crippen LogP) is 5.32. The van der Waals surface area contributed by atoms with Crippen LogP contribution in [0, 0.1) is 5.92 Å². The van der Waals surface area contributed by atoms with Crippen LogP contribution in [0.3, 0.4) is 0 Å². The normalized spacial score (nSPS) is 23.3. The molecule has 3 aliphatic rings. The van der Waals surface area contributed by atoms with Crippen LogP contribution in [-0.4, -0.2) is 23.9 Å². The van der Waals surface area contributed by atoms with Gasteiger partial charge in [-0.1, -0.05) is 68.5 Å². The number of carbonyl (C=O) groups excluding carboxylic acids is 1. The summed E-state index contributed by atoms with van der Waals surface area (Å²) in [5, 5.41) is 0. The third kappa shape index (κ3) is 3.54. The highest BCUT2D eigenvalue weighted by atomic mass is 16.2. The minimum absolute atomic E-state index is 0.188. The van der Waals surface area contributed by atoms with Crippen LogP contribution in [-0.2, 0) is 10.2 Å². The fourth-order valence-electron chi connectivity index (χ4n) is 5.15. The number of likely N-dealkylation sites (tertiary alicyclic amines) is 1. The molecule has 1 heterocycles. The van der Waals surface area contributed by atoms with Gasteiger partial charge in [-0.2, -0.15) is 0 Å². The number of nitrogens with zero attached hydrogens (tertiary/aromatic N) is 1. The molecule has 1 aliphatic heterocycles. The molecule has 2 aliphatic carbocycles. The predicted molar refractivity (Wildman–Crippen MR) is 103 cm³/mol. The minimum Gasteiger partial charge on any atom is -0.343 e. The van der Waals surface area contributed by atoms with E-state index in [1.807, 2.05) is 0 Å². The molecule has 0 unspecified atom stereocenters. The molecule has 134 valence electrons. The number of amides is 1. The molecule has 1 aromatic rings. The molecule has 2 fully saturated rings. The molecule has 0 atom stereocenters. The van der Waals surface area contributed by atoms with Gasteiger partial charge in [-0.05, 0) is 42.7 Å². The van der Waals surface area contributed by atoms with Crippen molar-refractivity contribution in [3.63, 3.8) is 0 Å². The zero-order valence-corrected chi connectivity index (χ0v) is 15.4. The summed E-state index contributed by atoms with van der Waals surface area (Å²) in [5.41, 5.74) is 3.03. The van der Waals surface area contributed by atoms with Crippen molar-refractivity contribution in [2.45, 2.75) is 69.6 Å². The molecular weight excluding hydrogens is 306 g/mol. The molecule has 0 N–H and O–H groups in total. The topological polar surface area (TPSA) is 20.3 Å². The summed E-state index contributed by atoms with van der Waals surface area (Å²) in [5.74, 6) is 1.05. The van der Waals surface area contributed by atoms with Gasteiger partial charge in [0.1, 0.15) is 0 Å². The average Bonchev–Trinajstić information content (AvgIpc) is 2.97. The smallest absolute Gasteiger partial charge is 0.222 e. The van der Waals surface area contributed by atoms with Gasteiger partial charge in [0, 0.05) is 24.9 Å². The standard InChI is InChI=1S/C23H31NO/c25-22(18-19-8-4-2-1-3-5-9-19)24-16-14-23(15-17-24)13-12-20-10-6-7-11-21(20)23/h6-7,10-13,19H,1-5,8-9,14-18H2. The van der Waals surface area contributed by atoms with Crippen molar-refractivity contribution in [1.29, 1.82) is 0 Å². The third-order valence-electron chi connectivity index (χ3n) is 6.78. The number of rotatable bonds is 2. The molecule has 1 saturated carbocycles. The highest BCUT2D eigenvalue weighted by Crippen LogP contribution is 2.43. The highest BCUT2D eigenvalue weighted by Gasteiger charge is 2.38. The molecule has 0 aromatic heterocycles. The van der Waals surface area contributed by atoms with Gasteiger partial charge in [0.2, 0.25) is 5.91 Å². The third-order valence-corrected chi connectivity index (χ3v) is 6.78. The van der Waals surface area contributed by atoms with Crippen molar-refractivity contribution in [1.82, 2.24) is 4.90 Å². The van der Waals surface area contributed by atoms with Crippen LogP contribution < -0.4 is 0 Å². The SMILES string of the molecule is O=C(CC1CCCCCCC1)N1CCC2(C=Cc3ccccc32)CC1. The molecular formula is C23H31NO. The number of hydrogen-bond acceptors (Lipinski definition) is 1. The minimum atomic E-state index is 0.188. The van der Waals surface area contributed by atoms with Crippen molar-refractivity contribution in [2.75, 3.05) is 13.1 Å². The van der Waals surface area contributed by atoms with Crippen LogP contribution in [0.1, 0.15) is 75.3 Å². The van der Waals surface area contributed by atoms with E-state index < -0.39 is 0 Å². The maximum Gasteiger partial charge on any atom is 0.222 e. The maximum atomic E-state index is 12.8. The Balaban J connectivity index is 1.34. The first-order valence-corrected chi connectivity index (χ1v) is 10.3. The summed E-state index contributed by atoms with van der Waals surface area (Å²) >= 11 is 0. The number of allylic oxidation sites excluding steroid dienone is 1. The number of carbonyl (C=O) groups is 1. The lowest BCUT2D eigenvalue weighted by molar-refractivity contribution is -0.133. The van der Waals surface area contributed by atoms with E-state index in [9.17, 15) is 4.79 Å². The van der Waals surface area contributed by atoms with Crippen molar-refractivity contribution in [2.24, 2.45) is 5.92 Å². The monoisotopic (exact) mass is 337 g/mol. The van der Waals surface area contributed by atoms with Crippen molar-refractivity contribution >= 4 is 12.0 Å². The first-order chi connectivity index (χ1) is 12.3. The summed E-state index contributed by atoms with van der Waals surface area (Å²) in [6.45, 7) is 1.84. The number of hydrogen-bond donors (Lipinski definition) is 0. The Hall–Kier alpha value is -1.57. The molecule has 4 rings (SSSR count). The summed E-state index contributed by atoms with van der Waals surface area (Å²) in [6, 6.07) is 8.77. The molecule has 0 bridgehead atoms. The van der Waals surface area contributed by atoms with E-state index in [-0.39, 0.29) is 5.41 Å². The second-order valence-corrected chi connectivity index (χ2v) is 8.37. The first kappa shape index (κ1) is 16.9. The van der Waals surface area contributed by atoms with Crippen LogP contribution in [0.25, 0.3) is 6.08 Å². The van der Waals surface area contributed by atoms with Crippen molar-refractivity contribution in [3.8, 4) is 0 Å². The van der Waals surface area contributed by atoms with E-state index >= 15 is 0 Å². The fourth-order valence-corrected chi connectivity index (χ4v) is 5.15. The Morgan fingerprint density at radius 1 is 1.00 bits per heavy atom. The largest absolute Gasteiger partial charge is 0.343 e. The Labute approximate surface area is 152 Å². The lowest BCUT2D eigenvalue weighted by atomic mass is 9.74. The first-order valence-electron chi connectivity index (χ1n) is 10.3. The van der Waals surface area contributed by atoms with Crippen molar-refractivity contribution < 1.29 is 4.79 Å². The molecule has 1 amide bonds. The molecule has 2 nitrogen and oxygen atoms in total. The van der Waals surface area contributed by atoms with E-state index in [1.165, 1.54) is 56.1 Å². The summed E-state index contributed by atoms with van der Waals surface area (Å²) in [7, 11) is 0. The van der Waals surface area contributed by atoms with Crippen LogP contribution in [0.2, 0.25) is 0 Å². The van der Waals surface area contributed by atoms with Gasteiger partial charge in [0.15, 0.2) is 0 Å². The van der Waals surface area contributed by atoms with Crippen LogP contribution in [0.4, 0.5) is 0 Å². The second kappa shape index (κ2) is 7.35. The molecule has 1 spiro atoms. The quantitative estimate of drug-likeness (QED) is 0.715. The van der Waals surface area contributed by atoms with Gasteiger partial charge in [-0.15, -0.1) is 0 Å². The summed E-state index contributed by atoms with van der Waals surface area (Å²) in [4.78, 5) is 15.0. The highest BCUT2D eigenvalue weighted by molar-refractivity contribution is 5.77. The molecule has 2 heteroatoms. The Morgan fingerprint density at radius 2 is 1.68 bits per heavy atom. The summed E-state index contributed by atoms with van der Waals surface area (Å²) < 4.78 is 0. The zero-order chi connectivity index (χ0) is 17.1. The Morgan fingerprint density at radius 3 is 2.44 bits per heavy atom. The number of fused-ring (bicyclic) bond motifs is 2. The van der Waals surface area contributed by atoms with E-state index in [4.69, 9.17) is 0 Å². The fraction of sp³-hybridized carbons (Fsp3) is 0.609. The van der Waals surface area contributed by atoms with Gasteiger partial charge in [-0.25, -0.2) is 0 Å². The van der Waals surface area contributed by atoms with Crippen LogP contribution in [0.5, 0.6) is 0 Å². The van der Waals surface area contributed by atoms with Gasteiger partial charge < -0.3 is 4.90 Å². The van der Waals surface area contributed by atoms with E-state index in [0.29, 0.717) is 11.8 Å². The van der Waals surface area contributed by atoms with Gasteiger partial charge in [-0.3, -0.25) is 4.79 Å². The second-order valence-electron chi connectivity index (χ2n) is 8.37. The number of benzene rings is 1. The van der Waals surface area contributed by atoms with Gasteiger partial charge in [0.05, 0.1) is 0 Å². The zero-order valence-electron chi connectivity index (χ0n) is 15.4. The van der Waals surface area contributed by atoms with Crippen LogP contribution in [0.15, 0.2) is 30.3 Å². The Kier molecular flexibility index (Phi) is 4.96. The van der Waals surface area contributed by atoms with E-state index in [0.717, 1.165) is 32.4 Å². The Bertz CT molecular complexity index is 631. The lowest BCUT2D eigenvalue weighted by Gasteiger charge is -2.39. The van der Waals surface area contributed by atoms with E-state index in [2.05, 4.69) is 41.3 Å². The van der Waals surface area contributed by atoms with E-state index in [1.54, 1.807) is 0 Å². The summed E-state index contributed by atoms with van der Waals surface area (Å²) in [6.07, 6.45) is 16.9. The van der Waals surface area contributed by atoms with Gasteiger partial charge in [0.25, 0.3) is 0 Å². The van der Waals surface area contributed by atoms with Crippen LogP contribution >= 0.6 is 0 Å². The molecule has 0 radical (unpaired) electrons.